The number of likely N-dealkylation sites (tertiary alicyclic amines) is 1. The van der Waals surface area contributed by atoms with Gasteiger partial charge in [0.25, 0.3) is 0 Å². The van der Waals surface area contributed by atoms with Crippen molar-refractivity contribution in [2.45, 2.75) is 31.7 Å². The number of rotatable bonds is 5. The van der Waals surface area contributed by atoms with Gasteiger partial charge >= 0.3 is 12.1 Å². The molecule has 31 heavy (non-hydrogen) atoms. The number of alkyl carbamates (subject to hydrolysis) is 1. The van der Waals surface area contributed by atoms with E-state index in [1.165, 1.54) is 6.92 Å². The molecule has 7 heteroatoms. The molecule has 0 bridgehead atoms. The number of carbonyl (C=O) groups excluding carboxylic acids is 2. The number of nitrogens with zero attached hydrogens (tertiary/aromatic N) is 1. The SMILES string of the molecule is CC(=O)N1CCC(C(NC(=O)OCC2c3ccccc3-c3ccccc32)C(=O)O)CC1. The molecule has 1 heterocycles. The molecule has 0 saturated carbocycles. The van der Waals surface area contributed by atoms with Gasteiger partial charge in [-0.2, -0.15) is 0 Å². The number of carbonyl (C=O) groups is 3. The largest absolute Gasteiger partial charge is 0.480 e. The van der Waals surface area contributed by atoms with Gasteiger partial charge in [0.2, 0.25) is 5.91 Å². The summed E-state index contributed by atoms with van der Waals surface area (Å²) in [6.45, 7) is 2.63. The minimum atomic E-state index is -1.09. The van der Waals surface area contributed by atoms with Crippen molar-refractivity contribution >= 4 is 18.0 Å². The van der Waals surface area contributed by atoms with Crippen molar-refractivity contribution in [1.29, 1.82) is 0 Å². The zero-order chi connectivity index (χ0) is 22.0. The molecule has 7 nitrogen and oxygen atoms in total. The van der Waals surface area contributed by atoms with Crippen LogP contribution in [0.3, 0.4) is 0 Å². The van der Waals surface area contributed by atoms with E-state index in [2.05, 4.69) is 17.4 Å². The van der Waals surface area contributed by atoms with Gasteiger partial charge < -0.3 is 20.1 Å². The summed E-state index contributed by atoms with van der Waals surface area (Å²) in [4.78, 5) is 37.5. The summed E-state index contributed by atoms with van der Waals surface area (Å²) in [6, 6.07) is 15.0. The van der Waals surface area contributed by atoms with Gasteiger partial charge in [0.1, 0.15) is 12.6 Å². The van der Waals surface area contributed by atoms with Crippen LogP contribution in [0.4, 0.5) is 4.79 Å². The van der Waals surface area contributed by atoms with E-state index in [-0.39, 0.29) is 24.3 Å². The second-order valence-corrected chi connectivity index (χ2v) is 8.13. The van der Waals surface area contributed by atoms with Crippen LogP contribution in [0.15, 0.2) is 48.5 Å². The second-order valence-electron chi connectivity index (χ2n) is 8.13. The molecule has 1 unspecified atom stereocenters. The first-order valence-electron chi connectivity index (χ1n) is 10.6. The molecule has 1 saturated heterocycles. The first-order valence-corrected chi connectivity index (χ1v) is 10.6. The Bertz CT molecular complexity index is 951. The number of ether oxygens (including phenoxy) is 1. The highest BCUT2D eigenvalue weighted by Crippen LogP contribution is 2.44. The van der Waals surface area contributed by atoms with Crippen LogP contribution in [0.2, 0.25) is 0 Å². The Balaban J connectivity index is 1.40. The molecule has 0 spiro atoms. The van der Waals surface area contributed by atoms with Gasteiger partial charge in [-0.3, -0.25) is 4.79 Å². The quantitative estimate of drug-likeness (QED) is 0.771. The second kappa shape index (κ2) is 8.79. The molecule has 1 aliphatic heterocycles. The molecule has 1 aliphatic carbocycles. The fraction of sp³-hybridized carbons (Fsp3) is 0.375. The van der Waals surface area contributed by atoms with E-state index in [1.807, 2.05) is 36.4 Å². The monoisotopic (exact) mass is 422 g/mol. The summed E-state index contributed by atoms with van der Waals surface area (Å²) >= 11 is 0. The number of nitrogens with one attached hydrogen (secondary N) is 1. The van der Waals surface area contributed by atoms with Crippen molar-refractivity contribution in [3.63, 3.8) is 0 Å². The Labute approximate surface area is 181 Å². The number of carboxylic acids is 1. The summed E-state index contributed by atoms with van der Waals surface area (Å²) in [6.07, 6.45) is 0.323. The summed E-state index contributed by atoms with van der Waals surface area (Å²) < 4.78 is 5.49. The average molecular weight is 422 g/mol. The highest BCUT2D eigenvalue weighted by Gasteiger charge is 2.34. The zero-order valence-electron chi connectivity index (χ0n) is 17.4. The predicted octanol–water partition coefficient (Wildman–Crippen LogP) is 3.24. The molecule has 2 aliphatic rings. The molecule has 0 radical (unpaired) electrons. The maximum absolute atomic E-state index is 12.5. The molecular weight excluding hydrogens is 396 g/mol. The smallest absolute Gasteiger partial charge is 0.407 e. The lowest BCUT2D eigenvalue weighted by Crippen LogP contribution is -2.50. The van der Waals surface area contributed by atoms with E-state index in [9.17, 15) is 19.5 Å². The molecule has 4 rings (SSSR count). The average Bonchev–Trinajstić information content (AvgIpc) is 3.10. The van der Waals surface area contributed by atoms with Crippen LogP contribution in [-0.4, -0.2) is 53.7 Å². The maximum atomic E-state index is 12.5. The standard InChI is InChI=1S/C24H26N2O5/c1-15(27)26-12-10-16(11-13-26)22(23(28)29)25-24(30)31-14-21-19-8-4-2-6-17(19)18-7-3-5-9-20(18)21/h2-9,16,21-22H,10-14H2,1H3,(H,25,30)(H,28,29). The van der Waals surface area contributed by atoms with Gasteiger partial charge in [-0.05, 0) is 41.0 Å². The minimum absolute atomic E-state index is 0.0187. The van der Waals surface area contributed by atoms with Crippen molar-refractivity contribution in [2.75, 3.05) is 19.7 Å². The number of piperidine rings is 1. The predicted molar refractivity (Wildman–Crippen MR) is 115 cm³/mol. The first kappa shape index (κ1) is 20.9. The normalized spacial score (nSPS) is 16.9. The summed E-state index contributed by atoms with van der Waals surface area (Å²) in [5.74, 6) is -1.43. The molecule has 0 aromatic heterocycles. The van der Waals surface area contributed by atoms with Crippen molar-refractivity contribution in [1.82, 2.24) is 10.2 Å². The number of hydrogen-bond donors (Lipinski definition) is 2. The van der Waals surface area contributed by atoms with Crippen LogP contribution in [0.1, 0.15) is 36.8 Å². The van der Waals surface area contributed by atoms with E-state index in [4.69, 9.17) is 4.74 Å². The molecule has 2 aromatic carbocycles. The summed E-state index contributed by atoms with van der Waals surface area (Å²) in [7, 11) is 0. The Kier molecular flexibility index (Phi) is 5.93. The number of carboxylic acid groups (broad SMARTS) is 1. The third kappa shape index (κ3) is 4.26. The van der Waals surface area contributed by atoms with Crippen LogP contribution in [0.25, 0.3) is 11.1 Å². The molecular formula is C24H26N2O5. The van der Waals surface area contributed by atoms with Gasteiger partial charge in [0.05, 0.1) is 0 Å². The Morgan fingerprint density at radius 2 is 1.58 bits per heavy atom. The van der Waals surface area contributed by atoms with Crippen LogP contribution < -0.4 is 5.32 Å². The fourth-order valence-electron chi connectivity index (χ4n) is 4.70. The highest BCUT2D eigenvalue weighted by atomic mass is 16.5. The minimum Gasteiger partial charge on any atom is -0.480 e. The fourth-order valence-corrected chi connectivity index (χ4v) is 4.70. The van der Waals surface area contributed by atoms with Crippen LogP contribution in [0, 0.1) is 5.92 Å². The number of hydrogen-bond acceptors (Lipinski definition) is 4. The lowest BCUT2D eigenvalue weighted by atomic mass is 9.89. The maximum Gasteiger partial charge on any atom is 0.407 e. The number of aliphatic carboxylic acids is 1. The van der Waals surface area contributed by atoms with Crippen molar-refractivity contribution < 1.29 is 24.2 Å². The Morgan fingerprint density at radius 1 is 1.03 bits per heavy atom. The van der Waals surface area contributed by atoms with Crippen LogP contribution in [-0.2, 0) is 14.3 Å². The molecule has 2 N–H and O–H groups in total. The third-order valence-corrected chi connectivity index (χ3v) is 6.34. The molecule has 1 atom stereocenters. The van der Waals surface area contributed by atoms with Crippen LogP contribution in [0.5, 0.6) is 0 Å². The lowest BCUT2D eigenvalue weighted by Gasteiger charge is -2.34. The topological polar surface area (TPSA) is 95.9 Å². The lowest BCUT2D eigenvalue weighted by molar-refractivity contribution is -0.141. The Hall–Kier alpha value is -3.35. The van der Waals surface area contributed by atoms with E-state index in [0.29, 0.717) is 25.9 Å². The number of fused-ring (bicyclic) bond motifs is 3. The third-order valence-electron chi connectivity index (χ3n) is 6.34. The van der Waals surface area contributed by atoms with E-state index in [0.717, 1.165) is 22.3 Å². The molecule has 2 amide bonds. The number of amides is 2. The molecule has 1 fully saturated rings. The summed E-state index contributed by atoms with van der Waals surface area (Å²) in [5, 5.41) is 12.2. The van der Waals surface area contributed by atoms with Crippen LogP contribution >= 0.6 is 0 Å². The van der Waals surface area contributed by atoms with Gasteiger partial charge in [-0.25, -0.2) is 9.59 Å². The number of benzene rings is 2. The van der Waals surface area contributed by atoms with Crippen molar-refractivity contribution in [2.24, 2.45) is 5.92 Å². The van der Waals surface area contributed by atoms with Gasteiger partial charge in [0.15, 0.2) is 0 Å². The Morgan fingerprint density at radius 3 is 2.10 bits per heavy atom. The van der Waals surface area contributed by atoms with Crippen molar-refractivity contribution in [3.05, 3.63) is 59.7 Å². The zero-order valence-corrected chi connectivity index (χ0v) is 17.4. The van der Waals surface area contributed by atoms with Gasteiger partial charge in [-0.15, -0.1) is 0 Å². The molecule has 162 valence electrons. The van der Waals surface area contributed by atoms with E-state index in [1.54, 1.807) is 4.90 Å². The van der Waals surface area contributed by atoms with E-state index >= 15 is 0 Å². The molecule has 2 aromatic rings. The highest BCUT2D eigenvalue weighted by molar-refractivity contribution is 5.81. The van der Waals surface area contributed by atoms with Crippen molar-refractivity contribution in [3.8, 4) is 11.1 Å². The summed E-state index contributed by atoms with van der Waals surface area (Å²) in [5.41, 5.74) is 4.46. The van der Waals surface area contributed by atoms with E-state index < -0.39 is 18.1 Å². The first-order chi connectivity index (χ1) is 15.0. The van der Waals surface area contributed by atoms with Gasteiger partial charge in [0, 0.05) is 25.9 Å². The van der Waals surface area contributed by atoms with Gasteiger partial charge in [-0.1, -0.05) is 48.5 Å².